The Kier molecular flexibility index (Phi) is 8.09. The first-order valence-electron chi connectivity index (χ1n) is 18.4. The summed E-state index contributed by atoms with van der Waals surface area (Å²) in [5.74, 6) is 0. The molecular formula is C52H35NS. The lowest BCUT2D eigenvalue weighted by Crippen LogP contribution is -2.10. The number of thiophene rings is 1. The van der Waals surface area contributed by atoms with E-state index in [0.717, 1.165) is 11.4 Å². The monoisotopic (exact) mass is 705 g/mol. The molecule has 0 bridgehead atoms. The maximum atomic E-state index is 2.46. The van der Waals surface area contributed by atoms with E-state index in [9.17, 15) is 0 Å². The average Bonchev–Trinajstić information content (AvgIpc) is 3.64. The third kappa shape index (κ3) is 5.84. The zero-order valence-electron chi connectivity index (χ0n) is 29.6. The Morgan fingerprint density at radius 1 is 0.315 bits per heavy atom. The van der Waals surface area contributed by atoms with Crippen molar-refractivity contribution < 1.29 is 0 Å². The minimum Gasteiger partial charge on any atom is -0.310 e. The molecule has 0 aliphatic heterocycles. The fraction of sp³-hybridized carbons (Fsp3) is 0. The van der Waals surface area contributed by atoms with Gasteiger partial charge in [0.1, 0.15) is 0 Å². The molecular weight excluding hydrogens is 671 g/mol. The Balaban J connectivity index is 1.15. The molecule has 1 aromatic heterocycles. The minimum absolute atomic E-state index is 1.11. The van der Waals surface area contributed by atoms with Gasteiger partial charge in [0.15, 0.2) is 0 Å². The number of nitrogens with zero attached hydrogens (tertiary/aromatic N) is 1. The van der Waals surface area contributed by atoms with Gasteiger partial charge < -0.3 is 4.90 Å². The molecule has 1 heterocycles. The van der Waals surface area contributed by atoms with Gasteiger partial charge in [-0.2, -0.15) is 0 Å². The summed E-state index contributed by atoms with van der Waals surface area (Å²) in [6.45, 7) is 0. The minimum atomic E-state index is 1.11. The highest BCUT2D eigenvalue weighted by Crippen LogP contribution is 2.46. The van der Waals surface area contributed by atoms with Crippen LogP contribution in [0.3, 0.4) is 0 Å². The van der Waals surface area contributed by atoms with Gasteiger partial charge in [-0.1, -0.05) is 158 Å². The topological polar surface area (TPSA) is 3.24 Å². The second-order valence-electron chi connectivity index (χ2n) is 13.7. The lowest BCUT2D eigenvalue weighted by atomic mass is 9.95. The van der Waals surface area contributed by atoms with Crippen LogP contribution in [0.15, 0.2) is 212 Å². The van der Waals surface area contributed by atoms with Crippen molar-refractivity contribution in [3.8, 4) is 44.5 Å². The first-order valence-corrected chi connectivity index (χ1v) is 19.2. The zero-order valence-corrected chi connectivity index (χ0v) is 30.4. The number of benzene rings is 9. The van der Waals surface area contributed by atoms with E-state index in [4.69, 9.17) is 0 Å². The van der Waals surface area contributed by atoms with Crippen LogP contribution in [-0.4, -0.2) is 0 Å². The van der Waals surface area contributed by atoms with Gasteiger partial charge in [-0.3, -0.25) is 0 Å². The summed E-state index contributed by atoms with van der Waals surface area (Å²) in [7, 11) is 0. The molecule has 10 aromatic rings. The maximum absolute atomic E-state index is 2.46. The summed E-state index contributed by atoms with van der Waals surface area (Å²) in [4.78, 5) is 2.46. The third-order valence-electron chi connectivity index (χ3n) is 10.4. The molecule has 0 saturated heterocycles. The van der Waals surface area contributed by atoms with Crippen LogP contribution in [0.25, 0.3) is 75.5 Å². The van der Waals surface area contributed by atoms with E-state index in [0.29, 0.717) is 0 Å². The van der Waals surface area contributed by atoms with Crippen molar-refractivity contribution in [2.45, 2.75) is 0 Å². The third-order valence-corrected chi connectivity index (χ3v) is 11.6. The average molecular weight is 706 g/mol. The number of hydrogen-bond donors (Lipinski definition) is 0. The molecule has 0 amide bonds. The van der Waals surface area contributed by atoms with Crippen LogP contribution in [0.5, 0.6) is 0 Å². The van der Waals surface area contributed by atoms with Gasteiger partial charge in [0.05, 0.1) is 5.69 Å². The van der Waals surface area contributed by atoms with Crippen LogP contribution in [-0.2, 0) is 0 Å². The van der Waals surface area contributed by atoms with Crippen molar-refractivity contribution in [2.75, 3.05) is 4.90 Å². The predicted octanol–water partition coefficient (Wildman–Crippen LogP) is 15.3. The van der Waals surface area contributed by atoms with Crippen molar-refractivity contribution in [3.05, 3.63) is 212 Å². The molecule has 54 heavy (non-hydrogen) atoms. The Morgan fingerprint density at radius 3 is 1.61 bits per heavy atom. The first kappa shape index (κ1) is 32.0. The Bertz CT molecular complexity index is 2860. The van der Waals surface area contributed by atoms with Crippen LogP contribution < -0.4 is 4.90 Å². The molecule has 0 radical (unpaired) electrons. The van der Waals surface area contributed by atoms with Crippen molar-refractivity contribution in [1.82, 2.24) is 0 Å². The predicted molar refractivity (Wildman–Crippen MR) is 233 cm³/mol. The van der Waals surface area contributed by atoms with Crippen LogP contribution >= 0.6 is 11.3 Å². The molecule has 1 nitrogen and oxygen atoms in total. The molecule has 10 rings (SSSR count). The summed E-state index contributed by atoms with van der Waals surface area (Å²) in [5.41, 5.74) is 13.0. The van der Waals surface area contributed by atoms with Gasteiger partial charge in [0.2, 0.25) is 0 Å². The molecule has 0 saturated carbocycles. The molecule has 0 spiro atoms. The summed E-state index contributed by atoms with van der Waals surface area (Å²) < 4.78 is 2.58. The fourth-order valence-corrected chi connectivity index (χ4v) is 8.98. The van der Waals surface area contributed by atoms with Crippen LogP contribution in [0.1, 0.15) is 0 Å². The molecule has 0 aliphatic carbocycles. The SMILES string of the molecule is c1ccc(-c2cc(-c3ccccc3)cc(N(c3ccc(-c4cccc(-c5cccc6ccccc56)c4)cc3)c3cccc4sc5ccccc5c34)c2)cc1. The fourth-order valence-electron chi connectivity index (χ4n) is 7.85. The standard InChI is InChI=1S/C52H35NS/c1-3-14-36(15-4-1)42-33-43(37-16-5-2-6-17-37)35-45(34-42)53(49-25-13-27-51-52(49)48-23-9-10-26-50(48)54-51)44-30-28-38(29-31-44)40-20-11-21-41(32-40)47-24-12-19-39-18-7-8-22-46(39)47/h1-35H. The quantitative estimate of drug-likeness (QED) is 0.160. The van der Waals surface area contributed by atoms with Gasteiger partial charge >= 0.3 is 0 Å². The molecule has 0 N–H and O–H groups in total. The van der Waals surface area contributed by atoms with Crippen molar-refractivity contribution in [3.63, 3.8) is 0 Å². The van der Waals surface area contributed by atoms with Crippen LogP contribution in [0.4, 0.5) is 17.1 Å². The molecule has 9 aromatic carbocycles. The van der Waals surface area contributed by atoms with Gasteiger partial charge in [0, 0.05) is 31.5 Å². The van der Waals surface area contributed by atoms with E-state index >= 15 is 0 Å². The molecule has 0 unspecified atom stereocenters. The summed E-state index contributed by atoms with van der Waals surface area (Å²) >= 11 is 1.86. The smallest absolute Gasteiger partial charge is 0.0554 e. The Morgan fingerprint density at radius 2 is 0.852 bits per heavy atom. The first-order chi connectivity index (χ1) is 26.8. The van der Waals surface area contributed by atoms with Crippen molar-refractivity contribution in [2.24, 2.45) is 0 Å². The number of rotatable bonds is 7. The van der Waals surface area contributed by atoms with E-state index in [2.05, 4.69) is 217 Å². The molecule has 2 heteroatoms. The number of hydrogen-bond acceptors (Lipinski definition) is 2. The van der Waals surface area contributed by atoms with Crippen LogP contribution in [0, 0.1) is 0 Å². The van der Waals surface area contributed by atoms with Gasteiger partial charge in [-0.05, 0) is 110 Å². The van der Waals surface area contributed by atoms with E-state index in [1.807, 2.05) is 11.3 Å². The summed E-state index contributed by atoms with van der Waals surface area (Å²) in [5, 5.41) is 5.08. The van der Waals surface area contributed by atoms with Crippen LogP contribution in [0.2, 0.25) is 0 Å². The van der Waals surface area contributed by atoms with E-state index in [-0.39, 0.29) is 0 Å². The molecule has 0 atom stereocenters. The molecule has 0 fully saturated rings. The highest BCUT2D eigenvalue weighted by atomic mass is 32.1. The van der Waals surface area contributed by atoms with Crippen molar-refractivity contribution >= 4 is 59.3 Å². The lowest BCUT2D eigenvalue weighted by molar-refractivity contribution is 1.30. The molecule has 0 aliphatic rings. The summed E-state index contributed by atoms with van der Waals surface area (Å²) in [6, 6.07) is 77.2. The second kappa shape index (κ2) is 13.7. The summed E-state index contributed by atoms with van der Waals surface area (Å²) in [6.07, 6.45) is 0. The Hall–Kier alpha value is -6.74. The van der Waals surface area contributed by atoms with Gasteiger partial charge in [-0.25, -0.2) is 0 Å². The van der Waals surface area contributed by atoms with Gasteiger partial charge in [-0.15, -0.1) is 11.3 Å². The number of fused-ring (bicyclic) bond motifs is 4. The normalized spacial score (nSPS) is 11.3. The van der Waals surface area contributed by atoms with Crippen molar-refractivity contribution in [1.29, 1.82) is 0 Å². The van der Waals surface area contributed by atoms with E-state index in [1.54, 1.807) is 0 Å². The highest BCUT2D eigenvalue weighted by Gasteiger charge is 2.20. The van der Waals surface area contributed by atoms with E-state index in [1.165, 1.54) is 81.1 Å². The number of anilines is 3. The largest absolute Gasteiger partial charge is 0.310 e. The molecule has 254 valence electrons. The lowest BCUT2D eigenvalue weighted by Gasteiger charge is -2.28. The highest BCUT2D eigenvalue weighted by molar-refractivity contribution is 7.26. The van der Waals surface area contributed by atoms with Gasteiger partial charge in [0.25, 0.3) is 0 Å². The zero-order chi connectivity index (χ0) is 35.8. The second-order valence-corrected chi connectivity index (χ2v) is 14.8. The Labute approximate surface area is 319 Å². The van der Waals surface area contributed by atoms with E-state index < -0.39 is 0 Å². The maximum Gasteiger partial charge on any atom is 0.0554 e.